The molecule has 25 heavy (non-hydrogen) atoms. The molecule has 1 spiro atoms. The lowest BCUT2D eigenvalue weighted by Crippen LogP contribution is -2.41. The molecule has 0 radical (unpaired) electrons. The highest BCUT2D eigenvalue weighted by molar-refractivity contribution is 6.13. The molecule has 3 aliphatic rings. The Morgan fingerprint density at radius 3 is 2.60 bits per heavy atom. The van der Waals surface area contributed by atoms with Gasteiger partial charge in [-0.1, -0.05) is 12.1 Å². The highest BCUT2D eigenvalue weighted by atomic mass is 16.6. The van der Waals surface area contributed by atoms with Crippen LogP contribution in [0.25, 0.3) is 0 Å². The predicted octanol–water partition coefficient (Wildman–Crippen LogP) is 1.93. The number of aldehydes is 1. The largest absolute Gasteiger partial charge is 0.491 e. The average Bonchev–Trinajstić information content (AvgIpc) is 3.12. The zero-order chi connectivity index (χ0) is 17.2. The van der Waals surface area contributed by atoms with E-state index >= 15 is 0 Å². The molecule has 2 aromatic carbocycles. The van der Waals surface area contributed by atoms with E-state index in [9.17, 15) is 9.59 Å². The molecular weight excluding hydrogens is 322 g/mol. The molecule has 0 saturated heterocycles. The molecule has 6 heteroatoms. The van der Waals surface area contributed by atoms with E-state index in [-0.39, 0.29) is 12.5 Å². The number of carbonyl (C=O) groups is 2. The van der Waals surface area contributed by atoms with Gasteiger partial charge in [-0.25, -0.2) is 0 Å². The van der Waals surface area contributed by atoms with Gasteiger partial charge in [-0.05, 0) is 12.1 Å². The summed E-state index contributed by atoms with van der Waals surface area (Å²) in [4.78, 5) is 26.5. The topological polar surface area (TPSA) is 65.1 Å². The lowest BCUT2D eigenvalue weighted by molar-refractivity contribution is -0.121. The van der Waals surface area contributed by atoms with Crippen molar-refractivity contribution in [3.8, 4) is 17.2 Å². The number of carbonyl (C=O) groups excluding carboxylic acids is 2. The van der Waals surface area contributed by atoms with Gasteiger partial charge in [-0.3, -0.25) is 9.59 Å². The van der Waals surface area contributed by atoms with E-state index in [1.807, 2.05) is 12.1 Å². The number of fused-ring (bicyclic) bond motifs is 5. The lowest BCUT2D eigenvalue weighted by atomic mass is 9.75. The van der Waals surface area contributed by atoms with E-state index in [2.05, 4.69) is 0 Å². The van der Waals surface area contributed by atoms with Crippen LogP contribution in [0.4, 0.5) is 5.69 Å². The third-order valence-corrected chi connectivity index (χ3v) is 5.21. The van der Waals surface area contributed by atoms with Crippen molar-refractivity contribution in [1.29, 1.82) is 0 Å². The first-order valence-electron chi connectivity index (χ1n) is 8.10. The minimum absolute atomic E-state index is 0.104. The van der Waals surface area contributed by atoms with E-state index in [1.54, 1.807) is 30.1 Å². The first kappa shape index (κ1) is 14.3. The number of ether oxygens (including phenoxy) is 3. The van der Waals surface area contributed by atoms with Crippen molar-refractivity contribution in [2.45, 2.75) is 5.41 Å². The Labute approximate surface area is 143 Å². The molecule has 1 amide bonds. The molecule has 1 unspecified atom stereocenters. The molecule has 0 N–H and O–H groups in total. The number of likely N-dealkylation sites (N-methyl/N-ethyl adjacent to an activating group) is 1. The molecule has 3 aliphatic heterocycles. The van der Waals surface area contributed by atoms with Gasteiger partial charge in [0.2, 0.25) is 5.91 Å². The zero-order valence-corrected chi connectivity index (χ0v) is 13.6. The minimum Gasteiger partial charge on any atom is -0.491 e. The second-order valence-corrected chi connectivity index (χ2v) is 6.41. The molecule has 0 fully saturated rings. The minimum atomic E-state index is -1.02. The second kappa shape index (κ2) is 4.75. The quantitative estimate of drug-likeness (QED) is 0.744. The predicted molar refractivity (Wildman–Crippen MR) is 88.9 cm³/mol. The Hall–Kier alpha value is -3.02. The fraction of sp³-hybridized carbons (Fsp3) is 0.263. The van der Waals surface area contributed by atoms with Crippen molar-refractivity contribution in [3.63, 3.8) is 0 Å². The molecule has 0 aliphatic carbocycles. The van der Waals surface area contributed by atoms with E-state index in [0.29, 0.717) is 41.6 Å². The van der Waals surface area contributed by atoms with Crippen molar-refractivity contribution in [2.75, 3.05) is 31.8 Å². The van der Waals surface area contributed by atoms with Crippen molar-refractivity contribution in [1.82, 2.24) is 0 Å². The Balaban J connectivity index is 1.81. The summed E-state index contributed by atoms with van der Waals surface area (Å²) in [6.07, 6.45) is 0.795. The van der Waals surface area contributed by atoms with Gasteiger partial charge < -0.3 is 19.1 Å². The van der Waals surface area contributed by atoms with Gasteiger partial charge in [0.15, 0.2) is 11.5 Å². The molecule has 1 atom stereocenters. The fourth-order valence-electron chi connectivity index (χ4n) is 4.07. The SMILES string of the molecule is CN1C(=O)C2(COc3cc4c(cc32)OCCO4)c2c(C=O)cccc21. The molecule has 126 valence electrons. The summed E-state index contributed by atoms with van der Waals surface area (Å²) >= 11 is 0. The Bertz CT molecular complexity index is 938. The number of hydrogen-bond acceptors (Lipinski definition) is 5. The number of rotatable bonds is 1. The van der Waals surface area contributed by atoms with E-state index in [1.165, 1.54) is 0 Å². The summed E-state index contributed by atoms with van der Waals surface area (Å²) in [5, 5.41) is 0. The monoisotopic (exact) mass is 337 g/mol. The van der Waals surface area contributed by atoms with Gasteiger partial charge in [-0.15, -0.1) is 0 Å². The molecule has 3 heterocycles. The van der Waals surface area contributed by atoms with Gasteiger partial charge >= 0.3 is 0 Å². The maximum atomic E-state index is 13.2. The first-order valence-corrected chi connectivity index (χ1v) is 8.10. The van der Waals surface area contributed by atoms with Crippen LogP contribution in [-0.2, 0) is 10.2 Å². The van der Waals surface area contributed by atoms with Crippen LogP contribution in [0.15, 0.2) is 30.3 Å². The number of nitrogens with zero attached hydrogens (tertiary/aromatic N) is 1. The van der Waals surface area contributed by atoms with Gasteiger partial charge in [0, 0.05) is 35.5 Å². The molecule has 6 nitrogen and oxygen atoms in total. The van der Waals surface area contributed by atoms with E-state index in [0.717, 1.165) is 17.5 Å². The number of amides is 1. The van der Waals surface area contributed by atoms with Crippen LogP contribution >= 0.6 is 0 Å². The highest BCUT2D eigenvalue weighted by Crippen LogP contribution is 2.55. The molecule has 2 aromatic rings. The molecule has 0 bridgehead atoms. The Morgan fingerprint density at radius 2 is 1.84 bits per heavy atom. The van der Waals surface area contributed by atoms with Gasteiger partial charge in [0.1, 0.15) is 37.3 Å². The highest BCUT2D eigenvalue weighted by Gasteiger charge is 2.57. The third-order valence-electron chi connectivity index (χ3n) is 5.21. The molecular formula is C19H15NO5. The maximum absolute atomic E-state index is 13.2. The molecule has 5 rings (SSSR count). The van der Waals surface area contributed by atoms with Gasteiger partial charge in [0.05, 0.1) is 0 Å². The number of anilines is 1. The van der Waals surface area contributed by atoms with Crippen molar-refractivity contribution in [2.24, 2.45) is 0 Å². The van der Waals surface area contributed by atoms with Crippen molar-refractivity contribution >= 4 is 17.9 Å². The van der Waals surface area contributed by atoms with Gasteiger partial charge in [0.25, 0.3) is 0 Å². The zero-order valence-electron chi connectivity index (χ0n) is 13.6. The van der Waals surface area contributed by atoms with Crippen molar-refractivity contribution in [3.05, 3.63) is 47.0 Å². The second-order valence-electron chi connectivity index (χ2n) is 6.41. The van der Waals surface area contributed by atoms with Gasteiger partial charge in [-0.2, -0.15) is 0 Å². The van der Waals surface area contributed by atoms with Crippen LogP contribution in [0.2, 0.25) is 0 Å². The average molecular weight is 337 g/mol. The Morgan fingerprint density at radius 1 is 1.08 bits per heavy atom. The third kappa shape index (κ3) is 1.64. The normalized spacial score (nSPS) is 22.6. The standard InChI is InChI=1S/C19H15NO5/c1-20-13-4-2-3-11(9-21)17(13)19(18(20)22)10-25-14-8-16-15(7-12(14)19)23-5-6-24-16/h2-4,7-9H,5-6,10H2,1H3. The first-order chi connectivity index (χ1) is 12.2. The van der Waals surface area contributed by atoms with E-state index < -0.39 is 5.41 Å². The summed E-state index contributed by atoms with van der Waals surface area (Å²) in [7, 11) is 1.72. The summed E-state index contributed by atoms with van der Waals surface area (Å²) < 4.78 is 17.2. The van der Waals surface area contributed by atoms with Crippen LogP contribution in [0.5, 0.6) is 17.2 Å². The summed E-state index contributed by atoms with van der Waals surface area (Å²) in [6, 6.07) is 8.96. The fourth-order valence-corrected chi connectivity index (χ4v) is 4.07. The lowest BCUT2D eigenvalue weighted by Gasteiger charge is -2.24. The maximum Gasteiger partial charge on any atom is 0.245 e. The molecule has 0 saturated carbocycles. The smallest absolute Gasteiger partial charge is 0.245 e. The van der Waals surface area contributed by atoms with Crippen LogP contribution in [0.1, 0.15) is 21.5 Å². The summed E-state index contributed by atoms with van der Waals surface area (Å²) in [5.74, 6) is 1.71. The summed E-state index contributed by atoms with van der Waals surface area (Å²) in [5.41, 5.74) is 1.64. The summed E-state index contributed by atoms with van der Waals surface area (Å²) in [6.45, 7) is 1.10. The van der Waals surface area contributed by atoms with Crippen LogP contribution < -0.4 is 19.1 Å². The van der Waals surface area contributed by atoms with Crippen molar-refractivity contribution < 1.29 is 23.8 Å². The number of hydrogen-bond donors (Lipinski definition) is 0. The number of benzene rings is 2. The van der Waals surface area contributed by atoms with Crippen LogP contribution in [0.3, 0.4) is 0 Å². The van der Waals surface area contributed by atoms with E-state index in [4.69, 9.17) is 14.2 Å². The van der Waals surface area contributed by atoms with Crippen LogP contribution in [0, 0.1) is 0 Å². The van der Waals surface area contributed by atoms with Crippen LogP contribution in [-0.4, -0.2) is 39.1 Å². The Kier molecular flexibility index (Phi) is 2.72. The molecule has 0 aromatic heterocycles.